The van der Waals surface area contributed by atoms with Gasteiger partial charge in [-0.2, -0.15) is 5.26 Å². The Hall–Kier alpha value is -1.87. The van der Waals surface area contributed by atoms with Gasteiger partial charge >= 0.3 is 5.97 Å². The zero-order valence-electron chi connectivity index (χ0n) is 11.3. The maximum absolute atomic E-state index is 12.0. The van der Waals surface area contributed by atoms with Gasteiger partial charge in [0, 0.05) is 10.8 Å². The molecule has 1 heterocycles. The number of aryl methyl sites for hydroxylation is 1. The van der Waals surface area contributed by atoms with Crippen LogP contribution in [0.3, 0.4) is 0 Å². The van der Waals surface area contributed by atoms with E-state index in [1.165, 1.54) is 18.3 Å². The zero-order chi connectivity index (χ0) is 14.7. The number of nitriles is 1. The fourth-order valence-corrected chi connectivity index (χ4v) is 2.53. The molecule has 19 heavy (non-hydrogen) atoms. The predicted molar refractivity (Wildman–Crippen MR) is 73.1 cm³/mol. The Morgan fingerprint density at radius 3 is 2.37 bits per heavy atom. The van der Waals surface area contributed by atoms with E-state index in [0.717, 1.165) is 10.4 Å². The molecule has 1 aromatic heterocycles. The molecule has 0 aliphatic carbocycles. The van der Waals surface area contributed by atoms with Gasteiger partial charge in [-0.25, -0.2) is 0 Å². The number of carbonyl (C=O) groups is 2. The zero-order valence-corrected chi connectivity index (χ0v) is 12.1. The normalized spacial score (nSPS) is 13.4. The van der Waals surface area contributed by atoms with Crippen molar-refractivity contribution < 1.29 is 14.7 Å². The second kappa shape index (κ2) is 5.85. The molecule has 5 nitrogen and oxygen atoms in total. The van der Waals surface area contributed by atoms with Crippen LogP contribution in [0.25, 0.3) is 0 Å². The lowest BCUT2D eigenvalue weighted by Crippen LogP contribution is -2.29. The predicted octanol–water partition coefficient (Wildman–Crippen LogP) is 2.53. The summed E-state index contributed by atoms with van der Waals surface area (Å²) in [5.41, 5.74) is 1.30. The van der Waals surface area contributed by atoms with E-state index in [2.05, 4.69) is 11.4 Å². The summed E-state index contributed by atoms with van der Waals surface area (Å²) in [6.45, 7) is 6.75. The number of carboxylic acids is 1. The van der Waals surface area contributed by atoms with E-state index < -0.39 is 17.8 Å². The third-order valence-electron chi connectivity index (χ3n) is 3.29. The van der Waals surface area contributed by atoms with E-state index in [1.807, 2.05) is 13.8 Å². The minimum absolute atomic E-state index is 0.382. The lowest BCUT2D eigenvalue weighted by atomic mass is 9.95. The first-order valence-corrected chi connectivity index (χ1v) is 6.65. The van der Waals surface area contributed by atoms with Crippen molar-refractivity contribution in [3.63, 3.8) is 0 Å². The van der Waals surface area contributed by atoms with Crippen molar-refractivity contribution in [3.8, 4) is 6.07 Å². The van der Waals surface area contributed by atoms with Crippen LogP contribution in [0.4, 0.5) is 5.00 Å². The maximum atomic E-state index is 12.0. The molecular weight excluding hydrogens is 264 g/mol. The SMILES string of the molecule is Cc1sc(NC(=O)C(C)C(C)C(=O)O)c(C#N)c1C. The van der Waals surface area contributed by atoms with Gasteiger partial charge in [0.05, 0.1) is 11.5 Å². The van der Waals surface area contributed by atoms with Gasteiger partial charge < -0.3 is 10.4 Å². The van der Waals surface area contributed by atoms with Gasteiger partial charge in [-0.15, -0.1) is 11.3 Å². The first kappa shape index (κ1) is 15.2. The Morgan fingerprint density at radius 1 is 1.32 bits per heavy atom. The van der Waals surface area contributed by atoms with Gasteiger partial charge in [0.2, 0.25) is 5.91 Å². The molecule has 1 aromatic rings. The van der Waals surface area contributed by atoms with E-state index >= 15 is 0 Å². The number of carboxylic acid groups (broad SMARTS) is 1. The molecule has 2 N–H and O–H groups in total. The molecule has 1 amide bonds. The number of nitrogens with one attached hydrogen (secondary N) is 1. The number of nitrogens with zero attached hydrogens (tertiary/aromatic N) is 1. The van der Waals surface area contributed by atoms with Crippen molar-refractivity contribution >= 4 is 28.2 Å². The first-order chi connectivity index (χ1) is 8.79. The Morgan fingerprint density at radius 2 is 1.89 bits per heavy atom. The largest absolute Gasteiger partial charge is 0.481 e. The molecule has 2 atom stereocenters. The molecule has 102 valence electrons. The fourth-order valence-electron chi connectivity index (χ4n) is 1.52. The standard InChI is InChI=1S/C13H16N2O3S/c1-6(7(2)13(17)18)11(16)15-12-10(5-14)8(3)9(4)19-12/h6-7H,1-4H3,(H,15,16)(H,17,18). The minimum Gasteiger partial charge on any atom is -0.481 e. The highest BCUT2D eigenvalue weighted by atomic mass is 32.1. The number of anilines is 1. The van der Waals surface area contributed by atoms with Crippen LogP contribution in [0.1, 0.15) is 29.9 Å². The second-order valence-electron chi connectivity index (χ2n) is 4.50. The average Bonchev–Trinajstić information content (AvgIpc) is 2.62. The van der Waals surface area contributed by atoms with E-state index in [1.54, 1.807) is 6.92 Å². The van der Waals surface area contributed by atoms with Crippen molar-refractivity contribution in [2.24, 2.45) is 11.8 Å². The number of aliphatic carboxylic acids is 1. The monoisotopic (exact) mass is 280 g/mol. The summed E-state index contributed by atoms with van der Waals surface area (Å²) in [6.07, 6.45) is 0. The molecule has 0 fully saturated rings. The lowest BCUT2D eigenvalue weighted by Gasteiger charge is -2.15. The Bertz CT molecular complexity index is 557. The molecule has 0 aromatic carbocycles. The number of hydrogen-bond acceptors (Lipinski definition) is 4. The van der Waals surface area contributed by atoms with Gasteiger partial charge in [0.15, 0.2) is 0 Å². The van der Waals surface area contributed by atoms with Crippen LogP contribution >= 0.6 is 11.3 Å². The van der Waals surface area contributed by atoms with E-state index in [4.69, 9.17) is 10.4 Å². The van der Waals surface area contributed by atoms with Gasteiger partial charge in [-0.05, 0) is 19.4 Å². The van der Waals surface area contributed by atoms with Crippen molar-refractivity contribution in [1.82, 2.24) is 0 Å². The van der Waals surface area contributed by atoms with E-state index in [9.17, 15) is 9.59 Å². The van der Waals surface area contributed by atoms with Crippen LogP contribution in [0.2, 0.25) is 0 Å². The molecule has 0 saturated heterocycles. The Balaban J connectivity index is 2.92. The maximum Gasteiger partial charge on any atom is 0.307 e. The van der Waals surface area contributed by atoms with E-state index in [0.29, 0.717) is 10.6 Å². The van der Waals surface area contributed by atoms with Crippen molar-refractivity contribution in [2.45, 2.75) is 27.7 Å². The Kier molecular flexibility index (Phi) is 4.67. The number of amides is 1. The summed E-state index contributed by atoms with van der Waals surface area (Å²) >= 11 is 1.33. The van der Waals surface area contributed by atoms with Crippen LogP contribution in [-0.4, -0.2) is 17.0 Å². The van der Waals surface area contributed by atoms with Crippen LogP contribution in [0.5, 0.6) is 0 Å². The summed E-state index contributed by atoms with van der Waals surface area (Å²) in [5, 5.41) is 21.1. The Labute approximate surface area is 115 Å². The van der Waals surface area contributed by atoms with Gasteiger partial charge in [-0.3, -0.25) is 9.59 Å². The van der Waals surface area contributed by atoms with Crippen molar-refractivity contribution in [1.29, 1.82) is 5.26 Å². The van der Waals surface area contributed by atoms with Gasteiger partial charge in [0.1, 0.15) is 11.1 Å². The average molecular weight is 280 g/mol. The number of rotatable bonds is 4. The second-order valence-corrected chi connectivity index (χ2v) is 5.73. The van der Waals surface area contributed by atoms with Crippen LogP contribution < -0.4 is 5.32 Å². The molecule has 1 rings (SSSR count). The molecule has 0 aliphatic rings. The summed E-state index contributed by atoms with van der Waals surface area (Å²) in [5.74, 6) is -2.83. The topological polar surface area (TPSA) is 90.2 Å². The smallest absolute Gasteiger partial charge is 0.307 e. The van der Waals surface area contributed by atoms with Crippen molar-refractivity contribution in [2.75, 3.05) is 5.32 Å². The number of carbonyl (C=O) groups excluding carboxylic acids is 1. The molecule has 6 heteroatoms. The molecule has 0 saturated carbocycles. The van der Waals surface area contributed by atoms with Crippen molar-refractivity contribution in [3.05, 3.63) is 16.0 Å². The van der Waals surface area contributed by atoms with Crippen LogP contribution in [-0.2, 0) is 9.59 Å². The van der Waals surface area contributed by atoms with Crippen LogP contribution in [0.15, 0.2) is 0 Å². The number of thiophene rings is 1. The molecule has 0 aliphatic heterocycles. The quantitative estimate of drug-likeness (QED) is 0.886. The van der Waals surface area contributed by atoms with Gasteiger partial charge in [0.25, 0.3) is 0 Å². The molecule has 0 bridgehead atoms. The summed E-state index contributed by atoms with van der Waals surface area (Å²) in [7, 11) is 0. The number of hydrogen-bond donors (Lipinski definition) is 2. The molecular formula is C13H16N2O3S. The minimum atomic E-state index is -1.01. The third kappa shape index (κ3) is 3.12. The third-order valence-corrected chi connectivity index (χ3v) is 4.41. The molecule has 0 radical (unpaired) electrons. The highest BCUT2D eigenvalue weighted by Crippen LogP contribution is 2.32. The van der Waals surface area contributed by atoms with Gasteiger partial charge in [-0.1, -0.05) is 13.8 Å². The molecule has 2 unspecified atom stereocenters. The van der Waals surface area contributed by atoms with Crippen LogP contribution in [0, 0.1) is 37.0 Å². The summed E-state index contributed by atoms with van der Waals surface area (Å²) in [6, 6.07) is 2.06. The first-order valence-electron chi connectivity index (χ1n) is 5.83. The highest BCUT2D eigenvalue weighted by Gasteiger charge is 2.27. The fraction of sp³-hybridized carbons (Fsp3) is 0.462. The molecule has 0 spiro atoms. The summed E-state index contributed by atoms with van der Waals surface area (Å²) in [4.78, 5) is 23.8. The summed E-state index contributed by atoms with van der Waals surface area (Å²) < 4.78 is 0. The lowest BCUT2D eigenvalue weighted by molar-refractivity contribution is -0.145. The highest BCUT2D eigenvalue weighted by molar-refractivity contribution is 7.16. The van der Waals surface area contributed by atoms with E-state index in [-0.39, 0.29) is 5.91 Å².